The lowest BCUT2D eigenvalue weighted by atomic mass is 10.1. The second-order valence-corrected chi connectivity index (χ2v) is 6.58. The van der Waals surface area contributed by atoms with Crippen LogP contribution < -0.4 is 10.1 Å². The maximum Gasteiger partial charge on any atom is 0.320 e. The van der Waals surface area contributed by atoms with Crippen molar-refractivity contribution in [1.29, 1.82) is 0 Å². The molecule has 144 valence electrons. The van der Waals surface area contributed by atoms with E-state index in [0.29, 0.717) is 6.54 Å². The maximum absolute atomic E-state index is 10.7. The van der Waals surface area contributed by atoms with Gasteiger partial charge in [-0.05, 0) is 55.9 Å². The van der Waals surface area contributed by atoms with Gasteiger partial charge in [-0.3, -0.25) is 4.79 Å². The van der Waals surface area contributed by atoms with Crippen LogP contribution in [0.5, 0.6) is 5.75 Å². The van der Waals surface area contributed by atoms with Gasteiger partial charge in [-0.2, -0.15) is 0 Å². The molecule has 2 aromatic carbocycles. The molecular weight excluding hydrogens is 338 g/mol. The van der Waals surface area contributed by atoms with Crippen LogP contribution in [0.15, 0.2) is 60.7 Å². The summed E-state index contributed by atoms with van der Waals surface area (Å²) >= 11 is 0. The van der Waals surface area contributed by atoms with Gasteiger partial charge in [0, 0.05) is 6.54 Å². The molecule has 1 unspecified atom stereocenters. The van der Waals surface area contributed by atoms with E-state index in [1.165, 1.54) is 12.0 Å². The van der Waals surface area contributed by atoms with E-state index in [0.717, 1.165) is 37.2 Å². The van der Waals surface area contributed by atoms with Gasteiger partial charge in [0.2, 0.25) is 0 Å². The van der Waals surface area contributed by atoms with Gasteiger partial charge in [0.25, 0.3) is 0 Å². The van der Waals surface area contributed by atoms with Gasteiger partial charge in [0.05, 0.1) is 6.61 Å². The second-order valence-electron chi connectivity index (χ2n) is 6.58. The van der Waals surface area contributed by atoms with Crippen molar-refractivity contribution in [2.45, 2.75) is 38.6 Å². The maximum atomic E-state index is 10.7. The lowest BCUT2D eigenvalue weighted by molar-refractivity contribution is -0.138. The van der Waals surface area contributed by atoms with Gasteiger partial charge >= 0.3 is 5.97 Å². The number of carboxylic acids is 1. The van der Waals surface area contributed by atoms with Crippen LogP contribution in [0.25, 0.3) is 6.08 Å². The number of unbranched alkanes of at least 4 members (excludes halogenated alkanes) is 2. The Kier molecular flexibility index (Phi) is 9.14. The molecule has 0 spiro atoms. The molecule has 27 heavy (non-hydrogen) atoms. The zero-order valence-electron chi connectivity index (χ0n) is 15.9. The highest BCUT2D eigenvalue weighted by atomic mass is 16.5. The lowest BCUT2D eigenvalue weighted by Gasteiger charge is -2.07. The summed E-state index contributed by atoms with van der Waals surface area (Å²) in [6.07, 6.45) is 8.42. The third-order valence-corrected chi connectivity index (χ3v) is 4.32. The Morgan fingerprint density at radius 2 is 1.81 bits per heavy atom. The largest absolute Gasteiger partial charge is 0.494 e. The fourth-order valence-electron chi connectivity index (χ4n) is 2.64. The average molecular weight is 367 g/mol. The van der Waals surface area contributed by atoms with Gasteiger partial charge in [-0.15, -0.1) is 0 Å². The minimum atomic E-state index is -0.843. The van der Waals surface area contributed by atoms with Gasteiger partial charge in [-0.25, -0.2) is 0 Å². The topological polar surface area (TPSA) is 58.6 Å². The molecule has 0 aliphatic heterocycles. The Labute approximate surface area is 161 Å². The average Bonchev–Trinajstić information content (AvgIpc) is 2.69. The molecule has 1 atom stereocenters. The van der Waals surface area contributed by atoms with Crippen molar-refractivity contribution in [2.24, 2.45) is 0 Å². The first-order chi connectivity index (χ1) is 13.1. The Balaban J connectivity index is 1.59. The van der Waals surface area contributed by atoms with Gasteiger partial charge in [0.15, 0.2) is 0 Å². The van der Waals surface area contributed by atoms with Crippen LogP contribution in [0.3, 0.4) is 0 Å². The van der Waals surface area contributed by atoms with Crippen molar-refractivity contribution >= 4 is 12.0 Å². The Hall–Kier alpha value is -2.59. The van der Waals surface area contributed by atoms with Crippen LogP contribution in [-0.4, -0.2) is 30.3 Å². The third-order valence-electron chi connectivity index (χ3n) is 4.32. The van der Waals surface area contributed by atoms with Crippen molar-refractivity contribution in [3.05, 3.63) is 71.8 Å². The minimum Gasteiger partial charge on any atom is -0.494 e. The smallest absolute Gasteiger partial charge is 0.320 e. The SMILES string of the molecule is CC(NC/C=C/c1ccc(OCCCCCc2ccccc2)cc1)C(=O)O. The Morgan fingerprint density at radius 3 is 2.52 bits per heavy atom. The number of nitrogens with one attached hydrogen (secondary N) is 1. The van der Waals surface area contributed by atoms with Crippen LogP contribution in [0.4, 0.5) is 0 Å². The first kappa shape index (κ1) is 20.7. The summed E-state index contributed by atoms with van der Waals surface area (Å²) in [5.41, 5.74) is 2.46. The molecule has 0 aromatic heterocycles. The van der Waals surface area contributed by atoms with E-state index in [1.54, 1.807) is 6.92 Å². The van der Waals surface area contributed by atoms with E-state index >= 15 is 0 Å². The summed E-state index contributed by atoms with van der Waals surface area (Å²) in [4.78, 5) is 10.7. The third kappa shape index (κ3) is 8.56. The molecule has 2 rings (SSSR count). The van der Waals surface area contributed by atoms with Gasteiger partial charge in [-0.1, -0.05) is 54.6 Å². The number of hydrogen-bond acceptors (Lipinski definition) is 3. The van der Waals surface area contributed by atoms with E-state index in [1.807, 2.05) is 36.4 Å². The molecule has 2 aromatic rings. The highest BCUT2D eigenvalue weighted by Crippen LogP contribution is 2.14. The predicted molar refractivity (Wildman–Crippen MR) is 110 cm³/mol. The molecule has 2 N–H and O–H groups in total. The highest BCUT2D eigenvalue weighted by Gasteiger charge is 2.07. The Bertz CT molecular complexity index is 695. The fourth-order valence-corrected chi connectivity index (χ4v) is 2.64. The van der Waals surface area contributed by atoms with E-state index in [4.69, 9.17) is 9.84 Å². The fraction of sp³-hybridized carbons (Fsp3) is 0.348. The lowest BCUT2D eigenvalue weighted by Crippen LogP contribution is -2.33. The number of carbonyl (C=O) groups is 1. The summed E-state index contributed by atoms with van der Waals surface area (Å²) in [6, 6.07) is 18.0. The normalized spacial score (nSPS) is 12.2. The number of benzene rings is 2. The highest BCUT2D eigenvalue weighted by molar-refractivity contribution is 5.72. The molecule has 4 heteroatoms. The molecule has 0 bridgehead atoms. The first-order valence-electron chi connectivity index (χ1n) is 9.54. The summed E-state index contributed by atoms with van der Waals surface area (Å²) in [6.45, 7) is 2.89. The van der Waals surface area contributed by atoms with Crippen molar-refractivity contribution in [3.63, 3.8) is 0 Å². The van der Waals surface area contributed by atoms with Crippen molar-refractivity contribution in [2.75, 3.05) is 13.2 Å². The quantitative estimate of drug-likeness (QED) is 0.540. The van der Waals surface area contributed by atoms with Crippen LogP contribution in [0, 0.1) is 0 Å². The molecule has 0 aliphatic rings. The summed E-state index contributed by atoms with van der Waals surface area (Å²) in [5.74, 6) is 0.0396. The zero-order valence-corrected chi connectivity index (χ0v) is 15.9. The second kappa shape index (κ2) is 11.9. The van der Waals surface area contributed by atoms with Crippen molar-refractivity contribution in [3.8, 4) is 5.75 Å². The van der Waals surface area contributed by atoms with E-state index in [9.17, 15) is 4.79 Å². The van der Waals surface area contributed by atoms with Crippen molar-refractivity contribution < 1.29 is 14.6 Å². The van der Waals surface area contributed by atoms with Gasteiger partial charge < -0.3 is 15.2 Å². The molecule has 0 amide bonds. The number of rotatable bonds is 12. The molecule has 0 saturated heterocycles. The first-order valence-corrected chi connectivity index (χ1v) is 9.54. The molecular formula is C23H29NO3. The minimum absolute atomic E-state index is 0.523. The van der Waals surface area contributed by atoms with Crippen LogP contribution in [0.1, 0.15) is 37.3 Å². The summed E-state index contributed by atoms with van der Waals surface area (Å²) < 4.78 is 5.80. The number of carboxylic acid groups (broad SMARTS) is 1. The molecule has 0 aliphatic carbocycles. The summed E-state index contributed by atoms with van der Waals surface area (Å²) in [5, 5.41) is 11.7. The number of hydrogen-bond donors (Lipinski definition) is 2. The number of aliphatic carboxylic acids is 1. The standard InChI is InChI=1S/C23H29NO3/c1-19(23(25)26)24-17-8-12-21-13-15-22(16-14-21)27-18-7-3-6-11-20-9-4-2-5-10-20/h2,4-5,8-10,12-16,19,24H,3,6-7,11,17-18H2,1H3,(H,25,26)/b12-8+. The molecule has 0 radical (unpaired) electrons. The molecule has 0 heterocycles. The molecule has 0 saturated carbocycles. The number of ether oxygens (including phenoxy) is 1. The zero-order chi connectivity index (χ0) is 19.3. The van der Waals surface area contributed by atoms with E-state index in [-0.39, 0.29) is 0 Å². The van der Waals surface area contributed by atoms with Crippen molar-refractivity contribution in [1.82, 2.24) is 5.32 Å². The van der Waals surface area contributed by atoms with Crippen LogP contribution >= 0.6 is 0 Å². The van der Waals surface area contributed by atoms with Gasteiger partial charge in [0.1, 0.15) is 11.8 Å². The number of aryl methyl sites for hydroxylation is 1. The van der Waals surface area contributed by atoms with Crippen LogP contribution in [-0.2, 0) is 11.2 Å². The monoisotopic (exact) mass is 367 g/mol. The summed E-state index contributed by atoms with van der Waals surface area (Å²) in [7, 11) is 0. The van der Waals surface area contributed by atoms with E-state index < -0.39 is 12.0 Å². The Morgan fingerprint density at radius 1 is 1.07 bits per heavy atom. The van der Waals surface area contributed by atoms with E-state index in [2.05, 4.69) is 35.6 Å². The van der Waals surface area contributed by atoms with Crippen LogP contribution in [0.2, 0.25) is 0 Å². The predicted octanol–water partition coefficient (Wildman–Crippen LogP) is 4.55. The molecule has 0 fully saturated rings. The molecule has 4 nitrogen and oxygen atoms in total.